The Morgan fingerprint density at radius 1 is 0.552 bits per heavy atom. The van der Waals surface area contributed by atoms with E-state index in [0.717, 1.165) is 51.4 Å². The van der Waals surface area contributed by atoms with Gasteiger partial charge in [0.05, 0.1) is 13.2 Å². The van der Waals surface area contributed by atoms with Crippen LogP contribution in [0.5, 0.6) is 0 Å². The highest BCUT2D eigenvalue weighted by atomic mass is 31.2. The Morgan fingerprint density at radius 3 is 1.45 bits per heavy atom. The number of phosphoric ester groups is 1. The molecule has 0 spiro atoms. The maximum absolute atomic E-state index is 12.6. The van der Waals surface area contributed by atoms with Gasteiger partial charge in [-0.15, -0.1) is 0 Å². The monoisotopic (exact) mass is 832 g/mol. The molecule has 0 saturated heterocycles. The Hall–Kier alpha value is -3.60. The van der Waals surface area contributed by atoms with Crippen LogP contribution >= 0.6 is 7.82 Å². The predicted octanol–water partition coefficient (Wildman–Crippen LogP) is 11.3. The van der Waals surface area contributed by atoms with E-state index >= 15 is 0 Å². The first-order valence-corrected chi connectivity index (χ1v) is 22.8. The second-order valence-electron chi connectivity index (χ2n) is 13.7. The van der Waals surface area contributed by atoms with Gasteiger partial charge in [0.25, 0.3) is 0 Å². The first-order valence-electron chi connectivity index (χ1n) is 21.3. The summed E-state index contributed by atoms with van der Waals surface area (Å²) >= 11 is 0. The standard InChI is InChI=1S/C46H74NO10P/c1-3-5-7-9-11-13-15-17-19-21-23-25-27-29-31-33-35-37-44(48)54-39-42(40-55-58(52,53)56-41-43(47)46(50)51)57-45(49)38-36-34-32-30-28-26-24-22-20-18-16-14-12-10-8-6-4-2/h6,8,12,14,17-20,23-26,29-32,42-43H,3-5,7,9-11,13,15-16,21-22,27-28,33-41,47H2,1-2H3,(H,50,51)(H,52,53)/b8-6-,14-12-,19-17-,20-18-,25-23-,26-24-,31-29-,32-30-/t42-,43+/m1/s1. The maximum atomic E-state index is 12.6. The van der Waals surface area contributed by atoms with Crippen molar-refractivity contribution >= 4 is 25.7 Å². The van der Waals surface area contributed by atoms with Crippen LogP contribution < -0.4 is 5.73 Å². The van der Waals surface area contributed by atoms with Crippen LogP contribution in [0, 0.1) is 0 Å². The molecule has 1 unspecified atom stereocenters. The zero-order valence-electron chi connectivity index (χ0n) is 35.3. The van der Waals surface area contributed by atoms with E-state index in [1.165, 1.54) is 38.5 Å². The minimum absolute atomic E-state index is 0.0665. The van der Waals surface area contributed by atoms with E-state index in [2.05, 4.69) is 97.4 Å². The summed E-state index contributed by atoms with van der Waals surface area (Å²) in [4.78, 5) is 45.9. The van der Waals surface area contributed by atoms with Gasteiger partial charge in [-0.05, 0) is 83.5 Å². The number of hydrogen-bond donors (Lipinski definition) is 3. The highest BCUT2D eigenvalue weighted by Gasteiger charge is 2.28. The van der Waals surface area contributed by atoms with Gasteiger partial charge in [-0.25, -0.2) is 4.57 Å². The highest BCUT2D eigenvalue weighted by molar-refractivity contribution is 7.47. The number of carboxylic acid groups (broad SMARTS) is 1. The van der Waals surface area contributed by atoms with E-state index in [1.807, 2.05) is 18.2 Å². The van der Waals surface area contributed by atoms with Crippen LogP contribution in [-0.4, -0.2) is 59.9 Å². The molecule has 11 nitrogen and oxygen atoms in total. The first kappa shape index (κ1) is 54.4. The van der Waals surface area contributed by atoms with E-state index in [-0.39, 0.29) is 12.8 Å². The summed E-state index contributed by atoms with van der Waals surface area (Å²) in [6, 6.07) is -1.54. The fourth-order valence-electron chi connectivity index (χ4n) is 5.00. The summed E-state index contributed by atoms with van der Waals surface area (Å²) < 4.78 is 32.5. The van der Waals surface area contributed by atoms with Gasteiger partial charge in [0.1, 0.15) is 12.6 Å². The lowest BCUT2D eigenvalue weighted by Gasteiger charge is -2.20. The summed E-state index contributed by atoms with van der Waals surface area (Å²) in [5.74, 6) is -2.54. The lowest BCUT2D eigenvalue weighted by molar-refractivity contribution is -0.161. The number of nitrogens with two attached hydrogens (primary N) is 1. The van der Waals surface area contributed by atoms with Gasteiger partial charge in [0.2, 0.25) is 0 Å². The quantitative estimate of drug-likeness (QED) is 0.0234. The Bertz CT molecular complexity index is 1350. The third-order valence-corrected chi connectivity index (χ3v) is 9.27. The predicted molar refractivity (Wildman–Crippen MR) is 235 cm³/mol. The largest absolute Gasteiger partial charge is 0.480 e. The van der Waals surface area contributed by atoms with Crippen LogP contribution in [0.3, 0.4) is 0 Å². The molecule has 0 saturated carbocycles. The van der Waals surface area contributed by atoms with E-state index in [9.17, 15) is 23.8 Å². The van der Waals surface area contributed by atoms with Crippen LogP contribution in [0.2, 0.25) is 0 Å². The van der Waals surface area contributed by atoms with Crippen molar-refractivity contribution in [1.82, 2.24) is 0 Å². The second-order valence-corrected chi connectivity index (χ2v) is 15.2. The molecule has 0 radical (unpaired) electrons. The fraction of sp³-hybridized carbons (Fsp3) is 0.587. The average molecular weight is 832 g/mol. The number of ether oxygens (including phenoxy) is 2. The molecule has 0 heterocycles. The van der Waals surface area contributed by atoms with Crippen molar-refractivity contribution in [3.05, 3.63) is 97.2 Å². The van der Waals surface area contributed by atoms with E-state index in [1.54, 1.807) is 0 Å². The molecule has 0 aromatic carbocycles. The molecule has 0 bridgehead atoms. The summed E-state index contributed by atoms with van der Waals surface area (Å²) in [6.45, 7) is 2.55. The van der Waals surface area contributed by atoms with E-state index in [0.29, 0.717) is 25.7 Å². The lowest BCUT2D eigenvalue weighted by atomic mass is 10.1. The fourth-order valence-corrected chi connectivity index (χ4v) is 5.77. The molecule has 0 aliphatic carbocycles. The number of carboxylic acids is 1. The van der Waals surface area contributed by atoms with Crippen molar-refractivity contribution in [2.45, 2.75) is 154 Å². The van der Waals surface area contributed by atoms with Gasteiger partial charge in [-0.2, -0.15) is 0 Å². The summed E-state index contributed by atoms with van der Waals surface area (Å²) in [6.07, 6.45) is 50.6. The molecule has 0 rings (SSSR count). The molecule has 0 aliphatic rings. The topological polar surface area (TPSA) is 172 Å². The molecule has 3 atom stereocenters. The molecule has 58 heavy (non-hydrogen) atoms. The molecule has 0 aliphatic heterocycles. The van der Waals surface area contributed by atoms with Gasteiger partial charge in [-0.1, -0.05) is 143 Å². The summed E-state index contributed by atoms with van der Waals surface area (Å²) in [5.41, 5.74) is 5.32. The van der Waals surface area contributed by atoms with Crippen molar-refractivity contribution in [2.75, 3.05) is 19.8 Å². The zero-order valence-corrected chi connectivity index (χ0v) is 36.2. The number of rotatable bonds is 38. The normalized spacial score (nSPS) is 14.7. The number of carbonyl (C=O) groups is 3. The van der Waals surface area contributed by atoms with Gasteiger partial charge < -0.3 is 25.2 Å². The van der Waals surface area contributed by atoms with Crippen molar-refractivity contribution in [1.29, 1.82) is 0 Å². The van der Waals surface area contributed by atoms with Crippen molar-refractivity contribution in [3.8, 4) is 0 Å². The number of unbranched alkanes of at least 4 members (excludes halogenated alkanes) is 8. The summed E-state index contributed by atoms with van der Waals surface area (Å²) in [7, 11) is -4.75. The number of esters is 2. The van der Waals surface area contributed by atoms with Crippen LogP contribution in [0.1, 0.15) is 142 Å². The number of hydrogen-bond acceptors (Lipinski definition) is 9. The minimum Gasteiger partial charge on any atom is -0.480 e. The maximum Gasteiger partial charge on any atom is 0.472 e. The van der Waals surface area contributed by atoms with Crippen LogP contribution in [-0.2, 0) is 37.5 Å². The Morgan fingerprint density at radius 2 is 0.966 bits per heavy atom. The van der Waals surface area contributed by atoms with E-state index in [4.69, 9.17) is 24.8 Å². The van der Waals surface area contributed by atoms with Gasteiger partial charge in [0, 0.05) is 12.8 Å². The van der Waals surface area contributed by atoms with Gasteiger partial charge >= 0.3 is 25.7 Å². The molecule has 0 fully saturated rings. The molecule has 0 aromatic heterocycles. The Kier molecular flexibility index (Phi) is 37.7. The van der Waals surface area contributed by atoms with Crippen LogP contribution in [0.4, 0.5) is 0 Å². The smallest absolute Gasteiger partial charge is 0.472 e. The van der Waals surface area contributed by atoms with Crippen LogP contribution in [0.25, 0.3) is 0 Å². The van der Waals surface area contributed by atoms with Crippen molar-refractivity contribution < 1.29 is 47.5 Å². The number of carbonyl (C=O) groups excluding carboxylic acids is 2. The molecular formula is C46H74NO10P. The SMILES string of the molecule is CC/C=C\C/C=C\C/C=C\C/C=C\C/C=C\CCCC(=O)O[C@H](COC(=O)CCC/C=C\C/C=C\C/C=C\CCCCCCCC)COP(=O)(O)OC[C@H](N)C(=O)O. The van der Waals surface area contributed by atoms with Crippen LogP contribution in [0.15, 0.2) is 97.2 Å². The second kappa shape index (κ2) is 40.2. The Balaban J connectivity index is 4.58. The average Bonchev–Trinajstić information content (AvgIpc) is 3.20. The molecule has 4 N–H and O–H groups in total. The van der Waals surface area contributed by atoms with Gasteiger partial charge in [-0.3, -0.25) is 23.4 Å². The third kappa shape index (κ3) is 39.2. The van der Waals surface area contributed by atoms with E-state index < -0.39 is 57.7 Å². The Labute approximate surface area is 349 Å². The summed E-state index contributed by atoms with van der Waals surface area (Å²) in [5, 5.41) is 8.88. The minimum atomic E-state index is -4.75. The number of phosphoric acid groups is 1. The molecular weight excluding hydrogens is 757 g/mol. The third-order valence-electron chi connectivity index (χ3n) is 8.32. The van der Waals surface area contributed by atoms with Gasteiger partial charge in [0.15, 0.2) is 6.10 Å². The van der Waals surface area contributed by atoms with Crippen molar-refractivity contribution in [2.24, 2.45) is 5.73 Å². The lowest BCUT2D eigenvalue weighted by Crippen LogP contribution is -2.34. The van der Waals surface area contributed by atoms with Crippen molar-refractivity contribution in [3.63, 3.8) is 0 Å². The first-order chi connectivity index (χ1) is 28.1. The molecule has 328 valence electrons. The zero-order chi connectivity index (χ0) is 42.8. The number of aliphatic carboxylic acids is 1. The molecule has 0 amide bonds. The molecule has 0 aromatic rings. The number of allylic oxidation sites excluding steroid dienone is 16. The molecule has 12 heteroatoms. The highest BCUT2D eigenvalue weighted by Crippen LogP contribution is 2.43.